The van der Waals surface area contributed by atoms with Gasteiger partial charge in [-0.25, -0.2) is 4.98 Å². The van der Waals surface area contributed by atoms with Crippen LogP contribution in [0.5, 0.6) is 5.19 Å². The maximum absolute atomic E-state index is 9.65. The second-order valence-electron chi connectivity index (χ2n) is 3.35. The Morgan fingerprint density at radius 3 is 3.00 bits per heavy atom. The van der Waals surface area contributed by atoms with Crippen LogP contribution in [0.15, 0.2) is 5.38 Å². The van der Waals surface area contributed by atoms with E-state index in [0.717, 1.165) is 25.0 Å². The van der Waals surface area contributed by atoms with Crippen LogP contribution in [-0.2, 0) is 0 Å². The van der Waals surface area contributed by atoms with E-state index in [2.05, 4.69) is 4.98 Å². The smallest absolute Gasteiger partial charge is 0.273 e. The number of aromatic nitrogens is 1. The van der Waals surface area contributed by atoms with E-state index >= 15 is 0 Å². The van der Waals surface area contributed by atoms with E-state index in [1.165, 1.54) is 11.3 Å². The Kier molecular flexibility index (Phi) is 2.51. The zero-order chi connectivity index (χ0) is 9.26. The maximum atomic E-state index is 9.65. The number of ether oxygens (including phenoxy) is 1. The van der Waals surface area contributed by atoms with Crippen LogP contribution < -0.4 is 4.74 Å². The van der Waals surface area contributed by atoms with Crippen molar-refractivity contribution in [3.05, 3.63) is 11.1 Å². The predicted molar refractivity (Wildman–Crippen MR) is 51.3 cm³/mol. The second kappa shape index (κ2) is 3.64. The summed E-state index contributed by atoms with van der Waals surface area (Å²) in [6.45, 7) is 0. The minimum atomic E-state index is -0.202. The fraction of sp³-hybridized carbons (Fsp3) is 0.667. The Hall–Kier alpha value is -0.610. The van der Waals surface area contributed by atoms with Gasteiger partial charge in [0.2, 0.25) is 0 Å². The van der Waals surface area contributed by atoms with Gasteiger partial charge >= 0.3 is 0 Å². The largest absolute Gasteiger partial charge is 0.473 e. The summed E-state index contributed by atoms with van der Waals surface area (Å²) in [5, 5.41) is 12.3. The number of methoxy groups -OCH3 is 1. The van der Waals surface area contributed by atoms with Crippen LogP contribution in [0.3, 0.4) is 0 Å². The summed E-state index contributed by atoms with van der Waals surface area (Å²) in [7, 11) is 1.62. The summed E-state index contributed by atoms with van der Waals surface area (Å²) in [5.41, 5.74) is 0.992. The number of nitrogens with zero attached hydrogens (tertiary/aromatic N) is 1. The first-order valence-corrected chi connectivity index (χ1v) is 5.36. The first-order valence-electron chi connectivity index (χ1n) is 4.48. The zero-order valence-corrected chi connectivity index (χ0v) is 8.38. The molecule has 1 heterocycles. The average molecular weight is 199 g/mol. The molecule has 1 aliphatic carbocycles. The molecule has 0 bridgehead atoms. The van der Waals surface area contributed by atoms with Gasteiger partial charge in [-0.05, 0) is 12.8 Å². The summed E-state index contributed by atoms with van der Waals surface area (Å²) in [6, 6.07) is 0. The number of thiazole rings is 1. The molecule has 1 fully saturated rings. The fourth-order valence-electron chi connectivity index (χ4n) is 1.82. The molecule has 72 valence electrons. The highest BCUT2D eigenvalue weighted by Crippen LogP contribution is 2.36. The van der Waals surface area contributed by atoms with E-state index in [1.807, 2.05) is 5.38 Å². The average Bonchev–Trinajstić information content (AvgIpc) is 2.71. The highest BCUT2D eigenvalue weighted by Gasteiger charge is 2.28. The van der Waals surface area contributed by atoms with Crippen molar-refractivity contribution in [1.29, 1.82) is 0 Å². The lowest BCUT2D eigenvalue weighted by Gasteiger charge is -2.10. The van der Waals surface area contributed by atoms with Crippen LogP contribution in [-0.4, -0.2) is 23.3 Å². The van der Waals surface area contributed by atoms with Gasteiger partial charge in [-0.3, -0.25) is 0 Å². The molecule has 0 spiro atoms. The highest BCUT2D eigenvalue weighted by atomic mass is 32.1. The molecule has 2 atom stereocenters. The molecular formula is C9H13NO2S. The van der Waals surface area contributed by atoms with Crippen molar-refractivity contribution in [3.8, 4) is 5.19 Å². The van der Waals surface area contributed by atoms with Crippen molar-refractivity contribution in [2.45, 2.75) is 31.3 Å². The van der Waals surface area contributed by atoms with E-state index in [-0.39, 0.29) is 12.0 Å². The summed E-state index contributed by atoms with van der Waals surface area (Å²) in [6.07, 6.45) is 2.86. The van der Waals surface area contributed by atoms with Crippen LogP contribution in [0.1, 0.15) is 30.9 Å². The van der Waals surface area contributed by atoms with E-state index in [4.69, 9.17) is 4.74 Å². The van der Waals surface area contributed by atoms with Crippen molar-refractivity contribution in [2.24, 2.45) is 0 Å². The van der Waals surface area contributed by atoms with Crippen LogP contribution in [0.2, 0.25) is 0 Å². The molecule has 4 heteroatoms. The molecule has 1 aliphatic rings. The van der Waals surface area contributed by atoms with Gasteiger partial charge in [-0.2, -0.15) is 0 Å². The van der Waals surface area contributed by atoms with Gasteiger partial charge in [0.1, 0.15) is 0 Å². The number of rotatable bonds is 2. The second-order valence-corrected chi connectivity index (χ2v) is 4.17. The van der Waals surface area contributed by atoms with Crippen LogP contribution in [0, 0.1) is 0 Å². The normalized spacial score (nSPS) is 27.8. The molecule has 0 amide bonds. The summed E-state index contributed by atoms with van der Waals surface area (Å²) < 4.78 is 5.02. The third kappa shape index (κ3) is 1.69. The zero-order valence-electron chi connectivity index (χ0n) is 7.56. The highest BCUT2D eigenvalue weighted by molar-refractivity contribution is 7.11. The molecule has 0 unspecified atom stereocenters. The number of hydrogen-bond donors (Lipinski definition) is 1. The first kappa shape index (κ1) is 8.97. The summed E-state index contributed by atoms with van der Waals surface area (Å²) >= 11 is 1.49. The molecule has 1 N–H and O–H groups in total. The van der Waals surface area contributed by atoms with Crippen LogP contribution >= 0.6 is 11.3 Å². The van der Waals surface area contributed by atoms with Gasteiger partial charge in [0.05, 0.1) is 18.9 Å². The van der Waals surface area contributed by atoms with Crippen molar-refractivity contribution in [3.63, 3.8) is 0 Å². The monoisotopic (exact) mass is 199 g/mol. The molecule has 1 aromatic rings. The summed E-state index contributed by atoms with van der Waals surface area (Å²) in [5.74, 6) is 0.236. The maximum Gasteiger partial charge on any atom is 0.273 e. The molecule has 3 nitrogen and oxygen atoms in total. The molecule has 13 heavy (non-hydrogen) atoms. The van der Waals surface area contributed by atoms with Crippen molar-refractivity contribution >= 4 is 11.3 Å². The summed E-state index contributed by atoms with van der Waals surface area (Å²) in [4.78, 5) is 4.30. The predicted octanol–water partition coefficient (Wildman–Crippen LogP) is 1.78. The lowest BCUT2D eigenvalue weighted by atomic mass is 10.0. The van der Waals surface area contributed by atoms with Crippen LogP contribution in [0.4, 0.5) is 0 Å². The van der Waals surface area contributed by atoms with Gasteiger partial charge in [0.15, 0.2) is 0 Å². The molecule has 2 rings (SSSR count). The minimum Gasteiger partial charge on any atom is -0.473 e. The molecule has 0 radical (unpaired) electrons. The van der Waals surface area contributed by atoms with E-state index in [0.29, 0.717) is 5.19 Å². The molecular weight excluding hydrogens is 186 g/mol. The Morgan fingerprint density at radius 2 is 2.46 bits per heavy atom. The van der Waals surface area contributed by atoms with Gasteiger partial charge < -0.3 is 9.84 Å². The molecule has 0 saturated heterocycles. The Bertz CT molecular complexity index is 287. The minimum absolute atomic E-state index is 0.202. The van der Waals surface area contributed by atoms with E-state index in [9.17, 15) is 5.11 Å². The van der Waals surface area contributed by atoms with Crippen LogP contribution in [0.25, 0.3) is 0 Å². The Balaban J connectivity index is 2.15. The fourth-order valence-corrected chi connectivity index (χ4v) is 2.52. The third-order valence-electron chi connectivity index (χ3n) is 2.53. The van der Waals surface area contributed by atoms with Crippen molar-refractivity contribution in [2.75, 3.05) is 7.11 Å². The SMILES string of the molecule is COc1nc([C@@H]2CCC[C@H]2O)cs1. The Morgan fingerprint density at radius 1 is 1.62 bits per heavy atom. The van der Waals surface area contributed by atoms with Gasteiger partial charge in [-0.15, -0.1) is 0 Å². The number of hydrogen-bond acceptors (Lipinski definition) is 4. The topological polar surface area (TPSA) is 42.4 Å². The Labute approximate surface area is 81.4 Å². The van der Waals surface area contributed by atoms with Crippen molar-refractivity contribution < 1.29 is 9.84 Å². The van der Waals surface area contributed by atoms with E-state index in [1.54, 1.807) is 7.11 Å². The van der Waals surface area contributed by atoms with Gasteiger partial charge in [0, 0.05) is 11.3 Å². The first-order chi connectivity index (χ1) is 6.31. The lowest BCUT2D eigenvalue weighted by molar-refractivity contribution is 0.162. The van der Waals surface area contributed by atoms with E-state index < -0.39 is 0 Å². The lowest BCUT2D eigenvalue weighted by Crippen LogP contribution is -2.11. The standard InChI is InChI=1S/C9H13NO2S/c1-12-9-10-7(5-13-9)6-3-2-4-8(6)11/h5-6,8,11H,2-4H2,1H3/t6-,8+/m0/s1. The van der Waals surface area contributed by atoms with Gasteiger partial charge in [-0.1, -0.05) is 17.8 Å². The number of aliphatic hydroxyl groups is 1. The molecule has 1 aromatic heterocycles. The molecule has 0 aromatic carbocycles. The third-order valence-corrected chi connectivity index (χ3v) is 3.35. The molecule has 1 saturated carbocycles. The number of aliphatic hydroxyl groups excluding tert-OH is 1. The quantitative estimate of drug-likeness (QED) is 0.789. The molecule has 0 aliphatic heterocycles. The van der Waals surface area contributed by atoms with Gasteiger partial charge in [0.25, 0.3) is 5.19 Å². The van der Waals surface area contributed by atoms with Crippen molar-refractivity contribution in [1.82, 2.24) is 4.98 Å².